The Hall–Kier alpha value is -1.21. The summed E-state index contributed by atoms with van der Waals surface area (Å²) in [7, 11) is -2.64. The Morgan fingerprint density at radius 1 is 1.00 bits per heavy atom. The van der Waals surface area contributed by atoms with Crippen LogP contribution in [0.4, 0.5) is 0 Å². The third-order valence-corrected chi connectivity index (χ3v) is 6.73. The van der Waals surface area contributed by atoms with Crippen molar-refractivity contribution in [2.45, 2.75) is 46.6 Å². The molecule has 0 heterocycles. The zero-order valence-corrected chi connectivity index (χ0v) is 16.3. The van der Waals surface area contributed by atoms with Gasteiger partial charge in [0.25, 0.3) is 0 Å². The summed E-state index contributed by atoms with van der Waals surface area (Å²) in [6, 6.07) is 8.49. The van der Waals surface area contributed by atoms with E-state index in [-0.39, 0.29) is 5.97 Å². The molecule has 1 aromatic carbocycles. The van der Waals surface area contributed by atoms with Gasteiger partial charge in [0, 0.05) is 25.9 Å². The zero-order valence-electron chi connectivity index (χ0n) is 15.3. The van der Waals surface area contributed by atoms with Crippen molar-refractivity contribution < 1.29 is 22.8 Å². The van der Waals surface area contributed by atoms with Crippen molar-refractivity contribution in [3.05, 3.63) is 35.4 Å². The molecule has 0 atom stereocenters. The zero-order chi connectivity index (χ0) is 17.8. The SMILES string of the molecule is CCO[Si](CCCOC(=O)Cc1ccccc1C)(OCC)OCC. The summed E-state index contributed by atoms with van der Waals surface area (Å²) < 4.78 is 22.7. The Kier molecular flexibility index (Phi) is 9.86. The van der Waals surface area contributed by atoms with Gasteiger partial charge >= 0.3 is 14.8 Å². The van der Waals surface area contributed by atoms with Gasteiger partial charge in [0.05, 0.1) is 13.0 Å². The van der Waals surface area contributed by atoms with Crippen LogP contribution in [0.15, 0.2) is 24.3 Å². The molecule has 136 valence electrons. The van der Waals surface area contributed by atoms with Crippen LogP contribution in [0.25, 0.3) is 0 Å². The molecular formula is C18H30O5Si. The monoisotopic (exact) mass is 354 g/mol. The molecule has 0 saturated heterocycles. The molecule has 6 heteroatoms. The second-order valence-electron chi connectivity index (χ2n) is 5.41. The number of hydrogen-bond donors (Lipinski definition) is 0. The fourth-order valence-corrected chi connectivity index (χ4v) is 5.07. The minimum atomic E-state index is -2.64. The van der Waals surface area contributed by atoms with Crippen LogP contribution in [-0.4, -0.2) is 41.2 Å². The largest absolute Gasteiger partial charge is 0.501 e. The van der Waals surface area contributed by atoms with Crippen LogP contribution in [0, 0.1) is 6.92 Å². The van der Waals surface area contributed by atoms with E-state index in [1.165, 1.54) is 0 Å². The number of rotatable bonds is 12. The number of benzene rings is 1. The fourth-order valence-electron chi connectivity index (χ4n) is 2.49. The third kappa shape index (κ3) is 7.13. The molecule has 1 aromatic rings. The molecular weight excluding hydrogens is 324 g/mol. The van der Waals surface area contributed by atoms with Crippen molar-refractivity contribution in [1.82, 2.24) is 0 Å². The normalized spacial score (nSPS) is 11.5. The van der Waals surface area contributed by atoms with Crippen LogP contribution in [0.5, 0.6) is 0 Å². The molecule has 24 heavy (non-hydrogen) atoms. The van der Waals surface area contributed by atoms with E-state index in [4.69, 9.17) is 18.0 Å². The molecule has 1 rings (SSSR count). The van der Waals surface area contributed by atoms with E-state index >= 15 is 0 Å². The van der Waals surface area contributed by atoms with Crippen LogP contribution >= 0.6 is 0 Å². The van der Waals surface area contributed by atoms with E-state index in [1.807, 2.05) is 52.0 Å². The summed E-state index contributed by atoms with van der Waals surface area (Å²) in [5.74, 6) is -0.208. The highest BCUT2D eigenvalue weighted by atomic mass is 28.4. The number of carbonyl (C=O) groups excluding carboxylic acids is 1. The summed E-state index contributed by atoms with van der Waals surface area (Å²) >= 11 is 0. The van der Waals surface area contributed by atoms with Gasteiger partial charge < -0.3 is 18.0 Å². The summed E-state index contributed by atoms with van der Waals surface area (Å²) in [5, 5.41) is 0. The predicted molar refractivity (Wildman–Crippen MR) is 95.9 cm³/mol. The van der Waals surface area contributed by atoms with Gasteiger partial charge in [0.15, 0.2) is 0 Å². The van der Waals surface area contributed by atoms with Crippen molar-refractivity contribution >= 4 is 14.8 Å². The molecule has 0 fully saturated rings. The topological polar surface area (TPSA) is 54.0 Å². The van der Waals surface area contributed by atoms with Gasteiger partial charge in [0.1, 0.15) is 0 Å². The van der Waals surface area contributed by atoms with E-state index in [2.05, 4.69) is 0 Å². The number of hydrogen-bond acceptors (Lipinski definition) is 5. The molecule has 0 bridgehead atoms. The number of esters is 1. The molecule has 0 unspecified atom stereocenters. The molecule has 0 aliphatic rings. The molecule has 0 spiro atoms. The number of carbonyl (C=O) groups is 1. The van der Waals surface area contributed by atoms with Crippen molar-refractivity contribution in [3.8, 4) is 0 Å². The van der Waals surface area contributed by atoms with E-state index in [9.17, 15) is 4.79 Å². The Morgan fingerprint density at radius 2 is 1.58 bits per heavy atom. The van der Waals surface area contributed by atoms with Crippen LogP contribution in [0.2, 0.25) is 6.04 Å². The highest BCUT2D eigenvalue weighted by Crippen LogP contribution is 2.18. The molecule has 0 radical (unpaired) electrons. The first-order valence-electron chi connectivity index (χ1n) is 8.68. The summed E-state index contributed by atoms with van der Waals surface area (Å²) in [4.78, 5) is 12.0. The minimum Gasteiger partial charge on any atom is -0.465 e. The number of aryl methyl sites for hydroxylation is 1. The van der Waals surface area contributed by atoms with Crippen molar-refractivity contribution in [2.24, 2.45) is 0 Å². The lowest BCUT2D eigenvalue weighted by atomic mass is 10.1. The molecule has 0 amide bonds. The Balaban J connectivity index is 2.41. The number of ether oxygens (including phenoxy) is 1. The second-order valence-corrected chi connectivity index (χ2v) is 8.14. The smallest absolute Gasteiger partial charge is 0.465 e. The molecule has 0 N–H and O–H groups in total. The van der Waals surface area contributed by atoms with E-state index < -0.39 is 8.80 Å². The van der Waals surface area contributed by atoms with Gasteiger partial charge in [0.2, 0.25) is 0 Å². The van der Waals surface area contributed by atoms with Crippen molar-refractivity contribution in [1.29, 1.82) is 0 Å². The Morgan fingerprint density at radius 3 is 2.12 bits per heavy atom. The van der Waals surface area contributed by atoms with Crippen molar-refractivity contribution in [2.75, 3.05) is 26.4 Å². The molecule has 0 aliphatic heterocycles. The van der Waals surface area contributed by atoms with Crippen LogP contribution < -0.4 is 0 Å². The lowest BCUT2D eigenvalue weighted by Crippen LogP contribution is -2.46. The second kappa shape index (κ2) is 11.4. The van der Waals surface area contributed by atoms with Crippen LogP contribution in [-0.2, 0) is 29.2 Å². The lowest BCUT2D eigenvalue weighted by Gasteiger charge is -2.28. The predicted octanol–water partition coefficient (Wildman–Crippen LogP) is 3.52. The molecule has 0 saturated carbocycles. The summed E-state index contributed by atoms with van der Waals surface area (Å²) in [5.41, 5.74) is 2.11. The van der Waals surface area contributed by atoms with E-state index in [0.29, 0.717) is 45.3 Å². The maximum Gasteiger partial charge on any atom is 0.501 e. The molecule has 5 nitrogen and oxygen atoms in total. The first-order valence-corrected chi connectivity index (χ1v) is 10.6. The van der Waals surface area contributed by atoms with Crippen LogP contribution in [0.1, 0.15) is 38.3 Å². The van der Waals surface area contributed by atoms with Gasteiger partial charge in [-0.2, -0.15) is 0 Å². The highest BCUT2D eigenvalue weighted by molar-refractivity contribution is 6.60. The van der Waals surface area contributed by atoms with Gasteiger partial charge in [-0.05, 0) is 45.2 Å². The minimum absolute atomic E-state index is 0.208. The van der Waals surface area contributed by atoms with Crippen LogP contribution in [0.3, 0.4) is 0 Å². The highest BCUT2D eigenvalue weighted by Gasteiger charge is 2.39. The average molecular weight is 355 g/mol. The van der Waals surface area contributed by atoms with Gasteiger partial charge in [-0.15, -0.1) is 0 Å². The molecule has 0 aliphatic carbocycles. The maximum atomic E-state index is 12.0. The average Bonchev–Trinajstić information content (AvgIpc) is 2.55. The lowest BCUT2D eigenvalue weighted by molar-refractivity contribution is -0.142. The van der Waals surface area contributed by atoms with Gasteiger partial charge in [-0.25, -0.2) is 0 Å². The third-order valence-electron chi connectivity index (χ3n) is 3.58. The first kappa shape index (κ1) is 20.8. The Bertz CT molecular complexity index is 475. The van der Waals surface area contributed by atoms with Gasteiger partial charge in [-0.3, -0.25) is 4.79 Å². The fraction of sp³-hybridized carbons (Fsp3) is 0.611. The standard InChI is InChI=1S/C18H30O5Si/c1-5-21-24(22-6-2,23-7-3)14-10-13-20-18(19)15-17-12-9-8-11-16(17)4/h8-9,11-12H,5-7,10,13-15H2,1-4H3. The van der Waals surface area contributed by atoms with Crippen molar-refractivity contribution in [3.63, 3.8) is 0 Å². The first-order chi connectivity index (χ1) is 11.6. The summed E-state index contributed by atoms with van der Waals surface area (Å²) in [6.45, 7) is 9.81. The quantitative estimate of drug-likeness (QED) is 0.327. The summed E-state index contributed by atoms with van der Waals surface area (Å²) in [6.07, 6.45) is 0.976. The molecule has 0 aromatic heterocycles. The van der Waals surface area contributed by atoms with E-state index in [0.717, 1.165) is 11.1 Å². The Labute approximate surface area is 146 Å². The maximum absolute atomic E-state index is 12.0. The van der Waals surface area contributed by atoms with Gasteiger partial charge in [-0.1, -0.05) is 24.3 Å². The van der Waals surface area contributed by atoms with E-state index in [1.54, 1.807) is 0 Å².